The predicted octanol–water partition coefficient (Wildman–Crippen LogP) is 2.85. The minimum atomic E-state index is 0.598. The summed E-state index contributed by atoms with van der Waals surface area (Å²) in [5, 5.41) is 0. The average Bonchev–Trinajstić information content (AvgIpc) is 2.65. The number of ether oxygens (including phenoxy) is 1. The zero-order chi connectivity index (χ0) is 11.5. The Morgan fingerprint density at radius 2 is 2.25 bits per heavy atom. The molecule has 0 amide bonds. The number of rotatable bonds is 4. The summed E-state index contributed by atoms with van der Waals surface area (Å²) >= 11 is 5.77. The average molecular weight is 239 g/mol. The van der Waals surface area contributed by atoms with Gasteiger partial charge in [0, 0.05) is 24.9 Å². The lowest BCUT2D eigenvalue weighted by atomic mass is 10.3. The number of alkyl halides is 1. The van der Waals surface area contributed by atoms with Gasteiger partial charge in [0.25, 0.3) is 0 Å². The largest absolute Gasteiger partial charge is 0.497 e. The number of aryl methyl sites for hydroxylation is 2. The molecule has 86 valence electrons. The maximum Gasteiger partial charge on any atom is 0.121 e. The summed E-state index contributed by atoms with van der Waals surface area (Å²) in [7, 11) is 1.67. The highest BCUT2D eigenvalue weighted by molar-refractivity contribution is 6.17. The molecule has 4 heteroatoms. The molecule has 16 heavy (non-hydrogen) atoms. The van der Waals surface area contributed by atoms with Crippen LogP contribution < -0.4 is 4.74 Å². The minimum absolute atomic E-state index is 0.598. The number of halogens is 1. The van der Waals surface area contributed by atoms with Gasteiger partial charge in [-0.25, -0.2) is 4.98 Å². The molecule has 0 unspecified atom stereocenters. The fraction of sp³-hybridized carbons (Fsp3) is 0.417. The number of fused-ring (bicyclic) bond motifs is 1. The van der Waals surface area contributed by atoms with Crippen molar-refractivity contribution < 1.29 is 4.74 Å². The summed E-state index contributed by atoms with van der Waals surface area (Å²) in [5.74, 6) is 2.50. The maximum absolute atomic E-state index is 5.77. The highest BCUT2D eigenvalue weighted by atomic mass is 35.5. The van der Waals surface area contributed by atoms with E-state index in [1.165, 1.54) is 0 Å². The van der Waals surface area contributed by atoms with E-state index in [-0.39, 0.29) is 0 Å². The summed E-state index contributed by atoms with van der Waals surface area (Å²) in [4.78, 5) is 4.57. The first-order valence-corrected chi connectivity index (χ1v) is 5.92. The quantitative estimate of drug-likeness (QED) is 0.766. The molecule has 2 aromatic rings. The zero-order valence-corrected chi connectivity index (χ0v) is 10.3. The number of methoxy groups -OCH3 is 1. The number of imidazole rings is 1. The van der Waals surface area contributed by atoms with E-state index in [0.29, 0.717) is 5.88 Å². The molecular weight excluding hydrogens is 224 g/mol. The molecule has 1 heterocycles. The van der Waals surface area contributed by atoms with Crippen LogP contribution in [0.2, 0.25) is 0 Å². The van der Waals surface area contributed by atoms with Crippen molar-refractivity contribution in [1.29, 1.82) is 0 Å². The van der Waals surface area contributed by atoms with Crippen LogP contribution in [0, 0.1) is 0 Å². The third kappa shape index (κ3) is 1.87. The number of nitrogens with zero attached hydrogens (tertiary/aromatic N) is 2. The molecule has 0 aliphatic carbocycles. The Kier molecular flexibility index (Phi) is 3.34. The zero-order valence-electron chi connectivity index (χ0n) is 9.53. The molecule has 3 nitrogen and oxygen atoms in total. The van der Waals surface area contributed by atoms with Crippen molar-refractivity contribution in [1.82, 2.24) is 9.55 Å². The number of hydrogen-bond acceptors (Lipinski definition) is 2. The smallest absolute Gasteiger partial charge is 0.121 e. The van der Waals surface area contributed by atoms with E-state index in [4.69, 9.17) is 16.3 Å². The third-order valence-electron chi connectivity index (χ3n) is 2.67. The molecule has 2 rings (SSSR count). The molecule has 0 saturated heterocycles. The summed E-state index contributed by atoms with van der Waals surface area (Å²) in [6.45, 7) is 3.01. The van der Waals surface area contributed by atoms with Crippen molar-refractivity contribution in [2.24, 2.45) is 0 Å². The van der Waals surface area contributed by atoms with Gasteiger partial charge in [-0.3, -0.25) is 0 Å². The van der Waals surface area contributed by atoms with E-state index in [9.17, 15) is 0 Å². The van der Waals surface area contributed by atoms with Crippen LogP contribution in [-0.2, 0) is 13.0 Å². The Balaban J connectivity index is 2.58. The molecule has 0 saturated carbocycles. The normalized spacial score (nSPS) is 10.9. The molecule has 1 aromatic heterocycles. The van der Waals surface area contributed by atoms with Gasteiger partial charge in [-0.1, -0.05) is 0 Å². The second-order valence-corrected chi connectivity index (χ2v) is 3.94. The van der Waals surface area contributed by atoms with Crippen LogP contribution in [0.3, 0.4) is 0 Å². The first kappa shape index (κ1) is 11.3. The SMILES string of the molecule is CCn1c(CCCl)nc2ccc(OC)cc21. The Morgan fingerprint density at radius 3 is 2.88 bits per heavy atom. The number of hydrogen-bond donors (Lipinski definition) is 0. The van der Waals surface area contributed by atoms with Crippen LogP contribution in [0.25, 0.3) is 11.0 Å². The maximum atomic E-state index is 5.77. The Morgan fingerprint density at radius 1 is 1.44 bits per heavy atom. The van der Waals surface area contributed by atoms with Gasteiger partial charge in [0.1, 0.15) is 11.6 Å². The van der Waals surface area contributed by atoms with Crippen LogP contribution in [0.5, 0.6) is 5.75 Å². The monoisotopic (exact) mass is 238 g/mol. The minimum Gasteiger partial charge on any atom is -0.497 e. The second-order valence-electron chi connectivity index (χ2n) is 3.57. The lowest BCUT2D eigenvalue weighted by molar-refractivity contribution is 0.415. The predicted molar refractivity (Wildman–Crippen MR) is 66.4 cm³/mol. The fourth-order valence-corrected chi connectivity index (χ4v) is 2.08. The van der Waals surface area contributed by atoms with Crippen LogP contribution in [-0.4, -0.2) is 22.5 Å². The number of aromatic nitrogens is 2. The van der Waals surface area contributed by atoms with Crippen LogP contribution in [0.15, 0.2) is 18.2 Å². The molecule has 0 radical (unpaired) electrons. The van der Waals surface area contributed by atoms with Gasteiger partial charge in [-0.05, 0) is 19.1 Å². The Labute approximate surface area is 100.0 Å². The lowest BCUT2D eigenvalue weighted by Crippen LogP contribution is -2.02. The third-order valence-corrected chi connectivity index (χ3v) is 2.86. The van der Waals surface area contributed by atoms with Crippen LogP contribution in [0.4, 0.5) is 0 Å². The molecule has 0 aliphatic heterocycles. The van der Waals surface area contributed by atoms with E-state index in [1.807, 2.05) is 18.2 Å². The molecule has 0 aliphatic rings. The fourth-order valence-electron chi connectivity index (χ4n) is 1.91. The van der Waals surface area contributed by atoms with E-state index in [2.05, 4.69) is 16.5 Å². The molecule has 0 bridgehead atoms. The summed E-state index contributed by atoms with van der Waals surface area (Å²) in [6.07, 6.45) is 0.798. The standard InChI is InChI=1S/C12H15ClN2O/c1-3-15-11-8-9(16-2)4-5-10(11)14-12(15)6-7-13/h4-5,8H,3,6-7H2,1-2H3. The summed E-state index contributed by atoms with van der Waals surface area (Å²) in [6, 6.07) is 5.93. The van der Waals surface area contributed by atoms with E-state index < -0.39 is 0 Å². The van der Waals surface area contributed by atoms with Gasteiger partial charge in [0.05, 0.1) is 18.1 Å². The van der Waals surface area contributed by atoms with Crippen molar-refractivity contribution in [3.05, 3.63) is 24.0 Å². The van der Waals surface area contributed by atoms with Crippen LogP contribution >= 0.6 is 11.6 Å². The molecule has 0 fully saturated rings. The first-order chi connectivity index (χ1) is 7.80. The van der Waals surface area contributed by atoms with Crippen molar-refractivity contribution in [2.75, 3.05) is 13.0 Å². The Hall–Kier alpha value is -1.22. The number of benzene rings is 1. The first-order valence-electron chi connectivity index (χ1n) is 5.39. The van der Waals surface area contributed by atoms with Crippen molar-refractivity contribution in [2.45, 2.75) is 19.9 Å². The van der Waals surface area contributed by atoms with Gasteiger partial charge in [-0.2, -0.15) is 0 Å². The summed E-state index contributed by atoms with van der Waals surface area (Å²) in [5.41, 5.74) is 2.12. The Bertz CT molecular complexity index is 493. The highest BCUT2D eigenvalue weighted by Gasteiger charge is 2.09. The topological polar surface area (TPSA) is 27.1 Å². The molecule has 0 atom stereocenters. The van der Waals surface area contributed by atoms with Gasteiger partial charge in [0.15, 0.2) is 0 Å². The molecule has 0 spiro atoms. The van der Waals surface area contributed by atoms with Crippen molar-refractivity contribution >= 4 is 22.6 Å². The van der Waals surface area contributed by atoms with Crippen LogP contribution in [0.1, 0.15) is 12.7 Å². The van der Waals surface area contributed by atoms with Gasteiger partial charge >= 0.3 is 0 Å². The van der Waals surface area contributed by atoms with Gasteiger partial charge < -0.3 is 9.30 Å². The van der Waals surface area contributed by atoms with E-state index in [1.54, 1.807) is 7.11 Å². The highest BCUT2D eigenvalue weighted by Crippen LogP contribution is 2.22. The molecule has 0 N–H and O–H groups in total. The van der Waals surface area contributed by atoms with E-state index >= 15 is 0 Å². The lowest BCUT2D eigenvalue weighted by Gasteiger charge is -2.05. The van der Waals surface area contributed by atoms with E-state index in [0.717, 1.165) is 35.6 Å². The van der Waals surface area contributed by atoms with Crippen molar-refractivity contribution in [3.63, 3.8) is 0 Å². The second kappa shape index (κ2) is 4.74. The summed E-state index contributed by atoms with van der Waals surface area (Å²) < 4.78 is 7.40. The van der Waals surface area contributed by atoms with Gasteiger partial charge in [0.2, 0.25) is 0 Å². The van der Waals surface area contributed by atoms with Gasteiger partial charge in [-0.15, -0.1) is 11.6 Å². The molecule has 1 aromatic carbocycles. The molecular formula is C12H15ClN2O. The van der Waals surface area contributed by atoms with Crippen molar-refractivity contribution in [3.8, 4) is 5.75 Å².